The molecule has 2 N–H and O–H groups in total. The zero-order valence-electron chi connectivity index (χ0n) is 9.63. The van der Waals surface area contributed by atoms with Crippen LogP contribution in [0.5, 0.6) is 0 Å². The highest BCUT2D eigenvalue weighted by Gasteiger charge is 2.04. The zero-order chi connectivity index (χ0) is 11.4. The van der Waals surface area contributed by atoms with Gasteiger partial charge in [0.05, 0.1) is 0 Å². The van der Waals surface area contributed by atoms with Crippen LogP contribution in [0.1, 0.15) is 18.1 Å². The minimum Gasteiger partial charge on any atom is -0.327 e. The molecule has 1 atom stereocenters. The van der Waals surface area contributed by atoms with Gasteiger partial charge in [-0.3, -0.25) is 0 Å². The molecule has 0 saturated carbocycles. The summed E-state index contributed by atoms with van der Waals surface area (Å²) in [6.07, 6.45) is 0. The number of hydrogen-bond donors (Lipinski definition) is 1. The highest BCUT2D eigenvalue weighted by atomic mass is 35.5. The Morgan fingerprint density at radius 2 is 2.13 bits per heavy atom. The molecule has 0 aromatic heterocycles. The number of aryl methyl sites for hydroxylation is 1. The molecule has 3 heteroatoms. The standard InChI is InChI=1S/C12H19ClN2/c1-9-6-11(4-5-12(9)13)8-15(3)7-10(2)14/h4-6,10H,7-8,14H2,1-3H3. The Labute approximate surface area is 97.0 Å². The molecule has 2 nitrogen and oxygen atoms in total. The Kier molecular flexibility index (Phi) is 4.58. The van der Waals surface area contributed by atoms with Crippen molar-refractivity contribution in [2.24, 2.45) is 5.73 Å². The molecular formula is C12H19ClN2. The summed E-state index contributed by atoms with van der Waals surface area (Å²) in [4.78, 5) is 2.22. The van der Waals surface area contributed by atoms with Crippen LogP contribution in [-0.2, 0) is 6.54 Å². The molecule has 0 heterocycles. The molecule has 0 aliphatic rings. The molecule has 0 spiro atoms. The number of hydrogen-bond acceptors (Lipinski definition) is 2. The van der Waals surface area contributed by atoms with E-state index in [2.05, 4.69) is 24.1 Å². The van der Waals surface area contributed by atoms with Gasteiger partial charge in [0.1, 0.15) is 0 Å². The van der Waals surface area contributed by atoms with Gasteiger partial charge in [0.25, 0.3) is 0 Å². The van der Waals surface area contributed by atoms with Crippen molar-refractivity contribution in [2.45, 2.75) is 26.4 Å². The third kappa shape index (κ3) is 4.20. The lowest BCUT2D eigenvalue weighted by molar-refractivity contribution is 0.310. The van der Waals surface area contributed by atoms with Gasteiger partial charge in [-0.05, 0) is 38.1 Å². The van der Waals surface area contributed by atoms with Crippen molar-refractivity contribution in [2.75, 3.05) is 13.6 Å². The summed E-state index contributed by atoms with van der Waals surface area (Å²) in [5.41, 5.74) is 8.14. The van der Waals surface area contributed by atoms with Gasteiger partial charge in [0, 0.05) is 24.2 Å². The fourth-order valence-electron chi connectivity index (χ4n) is 1.67. The lowest BCUT2D eigenvalue weighted by Gasteiger charge is -2.19. The number of nitrogens with zero attached hydrogens (tertiary/aromatic N) is 1. The number of halogens is 1. The van der Waals surface area contributed by atoms with E-state index in [1.54, 1.807) is 0 Å². The lowest BCUT2D eigenvalue weighted by Crippen LogP contribution is -2.32. The third-order valence-corrected chi connectivity index (χ3v) is 2.70. The molecule has 0 amide bonds. The van der Waals surface area contributed by atoms with E-state index < -0.39 is 0 Å². The van der Waals surface area contributed by atoms with Gasteiger partial charge < -0.3 is 10.6 Å². The molecule has 1 rings (SSSR count). The first-order valence-electron chi connectivity index (χ1n) is 5.18. The first-order chi connectivity index (χ1) is 6.99. The molecule has 15 heavy (non-hydrogen) atoms. The normalized spacial score (nSPS) is 13.2. The third-order valence-electron chi connectivity index (χ3n) is 2.27. The van der Waals surface area contributed by atoms with Crippen LogP contribution in [0.3, 0.4) is 0 Å². The summed E-state index contributed by atoms with van der Waals surface area (Å²) in [6, 6.07) is 6.35. The summed E-state index contributed by atoms with van der Waals surface area (Å²) in [6.45, 7) is 5.86. The Hall–Kier alpha value is -0.570. The second-order valence-electron chi connectivity index (χ2n) is 4.26. The molecular weight excluding hydrogens is 208 g/mol. The van der Waals surface area contributed by atoms with Crippen LogP contribution in [0, 0.1) is 6.92 Å². The largest absolute Gasteiger partial charge is 0.327 e. The van der Waals surface area contributed by atoms with Gasteiger partial charge in [-0.25, -0.2) is 0 Å². The molecule has 0 aliphatic heterocycles. The van der Waals surface area contributed by atoms with Crippen molar-refractivity contribution in [3.05, 3.63) is 34.3 Å². The maximum atomic E-state index is 5.97. The first-order valence-corrected chi connectivity index (χ1v) is 5.56. The van der Waals surface area contributed by atoms with Gasteiger partial charge in [0.2, 0.25) is 0 Å². The quantitative estimate of drug-likeness (QED) is 0.855. The molecule has 1 unspecified atom stereocenters. The van der Waals surface area contributed by atoms with Crippen LogP contribution in [0.2, 0.25) is 5.02 Å². The van der Waals surface area contributed by atoms with Crippen molar-refractivity contribution in [1.29, 1.82) is 0 Å². The first kappa shape index (κ1) is 12.5. The van der Waals surface area contributed by atoms with Gasteiger partial charge in [0.15, 0.2) is 0 Å². The van der Waals surface area contributed by atoms with Crippen molar-refractivity contribution in [3.8, 4) is 0 Å². The van der Waals surface area contributed by atoms with Crippen LogP contribution in [0.4, 0.5) is 0 Å². The number of nitrogens with two attached hydrogens (primary N) is 1. The molecule has 84 valence electrons. The molecule has 0 radical (unpaired) electrons. The Morgan fingerprint density at radius 1 is 1.47 bits per heavy atom. The molecule has 0 bridgehead atoms. The number of benzene rings is 1. The molecule has 0 aliphatic carbocycles. The molecule has 1 aromatic rings. The van der Waals surface area contributed by atoms with E-state index in [4.69, 9.17) is 17.3 Å². The Morgan fingerprint density at radius 3 is 2.67 bits per heavy atom. The fraction of sp³-hybridized carbons (Fsp3) is 0.500. The lowest BCUT2D eigenvalue weighted by atomic mass is 10.1. The van der Waals surface area contributed by atoms with Crippen LogP contribution in [-0.4, -0.2) is 24.5 Å². The monoisotopic (exact) mass is 226 g/mol. The fourth-order valence-corrected chi connectivity index (χ4v) is 1.79. The van der Waals surface area contributed by atoms with E-state index in [1.807, 2.05) is 19.9 Å². The van der Waals surface area contributed by atoms with Gasteiger partial charge >= 0.3 is 0 Å². The van der Waals surface area contributed by atoms with E-state index in [1.165, 1.54) is 5.56 Å². The van der Waals surface area contributed by atoms with Gasteiger partial charge in [-0.1, -0.05) is 23.7 Å². The number of likely N-dealkylation sites (N-methyl/N-ethyl adjacent to an activating group) is 1. The predicted molar refractivity (Wildman–Crippen MR) is 66.2 cm³/mol. The second-order valence-corrected chi connectivity index (χ2v) is 4.66. The van der Waals surface area contributed by atoms with E-state index in [9.17, 15) is 0 Å². The van der Waals surface area contributed by atoms with Gasteiger partial charge in [-0.15, -0.1) is 0 Å². The Balaban J connectivity index is 2.60. The van der Waals surface area contributed by atoms with Crippen LogP contribution >= 0.6 is 11.6 Å². The van der Waals surface area contributed by atoms with E-state index >= 15 is 0 Å². The molecule has 1 aromatic carbocycles. The average molecular weight is 227 g/mol. The van der Waals surface area contributed by atoms with Crippen molar-refractivity contribution in [1.82, 2.24) is 4.90 Å². The highest BCUT2D eigenvalue weighted by molar-refractivity contribution is 6.31. The van der Waals surface area contributed by atoms with E-state index in [-0.39, 0.29) is 6.04 Å². The summed E-state index contributed by atoms with van der Waals surface area (Å²) >= 11 is 5.97. The molecule has 0 fully saturated rings. The van der Waals surface area contributed by atoms with Gasteiger partial charge in [-0.2, -0.15) is 0 Å². The minimum absolute atomic E-state index is 0.211. The summed E-state index contributed by atoms with van der Waals surface area (Å²) in [5.74, 6) is 0. The minimum atomic E-state index is 0.211. The van der Waals surface area contributed by atoms with Crippen molar-refractivity contribution in [3.63, 3.8) is 0 Å². The second kappa shape index (κ2) is 5.50. The summed E-state index contributed by atoms with van der Waals surface area (Å²) in [7, 11) is 2.08. The van der Waals surface area contributed by atoms with E-state index in [0.717, 1.165) is 23.7 Å². The SMILES string of the molecule is Cc1cc(CN(C)CC(C)N)ccc1Cl. The Bertz CT molecular complexity index is 323. The van der Waals surface area contributed by atoms with Crippen LogP contribution in [0.25, 0.3) is 0 Å². The zero-order valence-corrected chi connectivity index (χ0v) is 10.4. The summed E-state index contributed by atoms with van der Waals surface area (Å²) in [5, 5.41) is 0.827. The van der Waals surface area contributed by atoms with E-state index in [0.29, 0.717) is 0 Å². The van der Waals surface area contributed by atoms with Crippen molar-refractivity contribution >= 4 is 11.6 Å². The maximum absolute atomic E-state index is 5.97. The smallest absolute Gasteiger partial charge is 0.0435 e. The highest BCUT2D eigenvalue weighted by Crippen LogP contribution is 2.17. The topological polar surface area (TPSA) is 29.3 Å². The summed E-state index contributed by atoms with van der Waals surface area (Å²) < 4.78 is 0. The molecule has 0 saturated heterocycles. The number of rotatable bonds is 4. The van der Waals surface area contributed by atoms with Crippen molar-refractivity contribution < 1.29 is 0 Å². The maximum Gasteiger partial charge on any atom is 0.0435 e. The van der Waals surface area contributed by atoms with Crippen LogP contribution < -0.4 is 5.73 Å². The van der Waals surface area contributed by atoms with Crippen LogP contribution in [0.15, 0.2) is 18.2 Å². The predicted octanol–water partition coefficient (Wildman–Crippen LogP) is 2.43. The average Bonchev–Trinajstić information content (AvgIpc) is 2.10.